The van der Waals surface area contributed by atoms with Crippen LogP contribution in [0.5, 0.6) is 0 Å². The number of hydrogen-bond acceptors (Lipinski definition) is 1. The van der Waals surface area contributed by atoms with Crippen molar-refractivity contribution in [1.29, 1.82) is 0 Å². The molecule has 1 aliphatic rings. The summed E-state index contributed by atoms with van der Waals surface area (Å²) < 4.78 is 5.20. The number of hydrogen-bond donors (Lipinski definition) is 0. The van der Waals surface area contributed by atoms with Gasteiger partial charge in [0.2, 0.25) is 0 Å². The Bertz CT molecular complexity index is 2310. The first-order valence-corrected chi connectivity index (χ1v) is 14.4. The van der Waals surface area contributed by atoms with Gasteiger partial charge in [0.15, 0.2) is 0 Å². The van der Waals surface area contributed by atoms with Crippen molar-refractivity contribution in [1.82, 2.24) is 4.57 Å². The maximum Gasteiger partial charge on any atom is 0.0622 e. The van der Waals surface area contributed by atoms with Crippen LogP contribution in [0.15, 0.2) is 115 Å². The van der Waals surface area contributed by atoms with E-state index in [1.54, 1.807) is 0 Å². The van der Waals surface area contributed by atoms with Crippen molar-refractivity contribution in [3.8, 4) is 16.8 Å². The van der Waals surface area contributed by atoms with Crippen molar-refractivity contribution < 1.29 is 0 Å². The van der Waals surface area contributed by atoms with E-state index < -0.39 is 0 Å². The average Bonchev–Trinajstić information content (AvgIpc) is 3.59. The molecule has 0 radical (unpaired) electrons. The molecule has 2 heterocycles. The van der Waals surface area contributed by atoms with Gasteiger partial charge in [0.25, 0.3) is 0 Å². The van der Waals surface area contributed by atoms with Crippen molar-refractivity contribution in [3.05, 3.63) is 126 Å². The molecule has 0 saturated carbocycles. The normalized spacial score (nSPS) is 14.1. The van der Waals surface area contributed by atoms with Gasteiger partial charge in [-0.3, -0.25) is 0 Å². The van der Waals surface area contributed by atoms with Crippen LogP contribution in [0.1, 0.15) is 25.0 Å². The van der Waals surface area contributed by atoms with Crippen molar-refractivity contribution in [2.24, 2.45) is 0 Å². The Labute approximate surface area is 230 Å². The van der Waals surface area contributed by atoms with E-state index in [1.165, 1.54) is 80.7 Å². The van der Waals surface area contributed by atoms with Crippen molar-refractivity contribution in [2.45, 2.75) is 19.3 Å². The molecule has 39 heavy (non-hydrogen) atoms. The van der Waals surface area contributed by atoms with Crippen LogP contribution in [-0.2, 0) is 5.41 Å². The van der Waals surface area contributed by atoms with Crippen molar-refractivity contribution in [3.63, 3.8) is 0 Å². The Hall–Kier alpha value is -4.40. The predicted octanol–water partition coefficient (Wildman–Crippen LogP) is 10.6. The largest absolute Gasteiger partial charge is 0.309 e. The first-order chi connectivity index (χ1) is 19.1. The summed E-state index contributed by atoms with van der Waals surface area (Å²) in [6.07, 6.45) is 0. The first kappa shape index (κ1) is 21.5. The summed E-state index contributed by atoms with van der Waals surface area (Å²) in [5.74, 6) is 0. The second-order valence-corrected chi connectivity index (χ2v) is 12.4. The highest BCUT2D eigenvalue weighted by atomic mass is 32.1. The lowest BCUT2D eigenvalue weighted by atomic mass is 9.80. The molecule has 184 valence electrons. The lowest BCUT2D eigenvalue weighted by Gasteiger charge is -2.24. The zero-order valence-electron chi connectivity index (χ0n) is 21.8. The minimum Gasteiger partial charge on any atom is -0.309 e. The van der Waals surface area contributed by atoms with Gasteiger partial charge < -0.3 is 4.57 Å². The second-order valence-electron chi connectivity index (χ2n) is 11.3. The molecule has 0 N–H and O–H groups in total. The van der Waals surface area contributed by atoms with Gasteiger partial charge in [-0.1, -0.05) is 98.8 Å². The van der Waals surface area contributed by atoms with Crippen LogP contribution in [0.3, 0.4) is 0 Å². The van der Waals surface area contributed by atoms with Gasteiger partial charge in [-0.05, 0) is 58.0 Å². The fourth-order valence-electron chi connectivity index (χ4n) is 7.26. The average molecular weight is 516 g/mol. The highest BCUT2D eigenvalue weighted by Gasteiger charge is 2.37. The van der Waals surface area contributed by atoms with Gasteiger partial charge in [0.1, 0.15) is 0 Å². The molecule has 0 aliphatic heterocycles. The Morgan fingerprint density at radius 1 is 0.590 bits per heavy atom. The van der Waals surface area contributed by atoms with E-state index in [2.05, 4.69) is 134 Å². The van der Waals surface area contributed by atoms with Gasteiger partial charge in [-0.25, -0.2) is 0 Å². The van der Waals surface area contributed by atoms with E-state index in [1.807, 2.05) is 11.3 Å². The number of aromatic nitrogens is 1. The van der Waals surface area contributed by atoms with E-state index in [-0.39, 0.29) is 5.41 Å². The van der Waals surface area contributed by atoms with Gasteiger partial charge in [-0.2, -0.15) is 0 Å². The lowest BCUT2D eigenvalue weighted by molar-refractivity contribution is 0.666. The third-order valence-corrected chi connectivity index (χ3v) is 10.1. The van der Waals surface area contributed by atoms with Crippen LogP contribution < -0.4 is 0 Å². The first-order valence-electron chi connectivity index (χ1n) is 13.6. The molecule has 1 nitrogen and oxygen atoms in total. The third kappa shape index (κ3) is 2.69. The van der Waals surface area contributed by atoms with E-state index in [4.69, 9.17) is 0 Å². The fourth-order valence-corrected chi connectivity index (χ4v) is 8.34. The molecule has 8 aromatic rings. The maximum absolute atomic E-state index is 2.53. The monoisotopic (exact) mass is 515 g/mol. The summed E-state index contributed by atoms with van der Waals surface area (Å²) in [7, 11) is 0. The molecule has 0 unspecified atom stereocenters. The number of benzene rings is 6. The highest BCUT2D eigenvalue weighted by molar-refractivity contribution is 7.25. The van der Waals surface area contributed by atoms with Crippen LogP contribution in [-0.4, -0.2) is 4.57 Å². The molecule has 0 atom stereocenters. The van der Waals surface area contributed by atoms with Gasteiger partial charge in [-0.15, -0.1) is 11.3 Å². The number of thiophene rings is 1. The Balaban J connectivity index is 1.48. The predicted molar refractivity (Wildman–Crippen MR) is 169 cm³/mol. The number of rotatable bonds is 1. The van der Waals surface area contributed by atoms with E-state index in [9.17, 15) is 0 Å². The molecule has 2 heteroatoms. The Morgan fingerprint density at radius 3 is 2.26 bits per heavy atom. The van der Waals surface area contributed by atoms with Crippen LogP contribution in [0.25, 0.3) is 69.6 Å². The smallest absolute Gasteiger partial charge is 0.0622 e. The minimum atomic E-state index is -0.0888. The van der Waals surface area contributed by atoms with Gasteiger partial charge >= 0.3 is 0 Å². The molecular weight excluding hydrogens is 490 g/mol. The van der Waals surface area contributed by atoms with Crippen LogP contribution in [0, 0.1) is 0 Å². The zero-order chi connectivity index (χ0) is 25.9. The molecule has 0 amide bonds. The molecule has 0 saturated heterocycles. The summed E-state index contributed by atoms with van der Waals surface area (Å²) in [6, 6.07) is 43.0. The molecule has 6 aromatic carbocycles. The summed E-state index contributed by atoms with van der Waals surface area (Å²) in [5.41, 5.74) is 9.29. The Kier molecular flexibility index (Phi) is 4.07. The lowest BCUT2D eigenvalue weighted by Crippen LogP contribution is -2.15. The highest BCUT2D eigenvalue weighted by Crippen LogP contribution is 2.53. The topological polar surface area (TPSA) is 4.93 Å². The van der Waals surface area contributed by atoms with Crippen molar-refractivity contribution >= 4 is 64.1 Å². The third-order valence-electron chi connectivity index (χ3n) is 8.95. The van der Waals surface area contributed by atoms with E-state index >= 15 is 0 Å². The molecule has 0 bridgehead atoms. The summed E-state index contributed by atoms with van der Waals surface area (Å²) >= 11 is 1.88. The van der Waals surface area contributed by atoms with Gasteiger partial charge in [0, 0.05) is 47.4 Å². The SMILES string of the molecule is CC1(C)c2ccccc2-c2ccc3ccc4c5ccccc5n(-c5ccc6sc7ccccc7c6c5)c4c3c21. The zero-order valence-corrected chi connectivity index (χ0v) is 22.6. The molecule has 2 aromatic heterocycles. The number of para-hydroxylation sites is 1. The number of nitrogens with zero attached hydrogens (tertiary/aromatic N) is 1. The maximum atomic E-state index is 2.53. The van der Waals surface area contributed by atoms with Crippen LogP contribution in [0.4, 0.5) is 0 Å². The van der Waals surface area contributed by atoms with E-state index in [0.29, 0.717) is 0 Å². The fraction of sp³-hybridized carbons (Fsp3) is 0.0811. The molecule has 0 fully saturated rings. The summed E-state index contributed by atoms with van der Waals surface area (Å²) in [4.78, 5) is 0. The van der Waals surface area contributed by atoms with Gasteiger partial charge in [0.05, 0.1) is 11.0 Å². The Morgan fingerprint density at radius 2 is 1.33 bits per heavy atom. The van der Waals surface area contributed by atoms with E-state index in [0.717, 1.165) is 0 Å². The summed E-state index contributed by atoms with van der Waals surface area (Å²) in [5, 5.41) is 7.95. The molecule has 9 rings (SSSR count). The molecule has 1 aliphatic carbocycles. The van der Waals surface area contributed by atoms with Crippen molar-refractivity contribution in [2.75, 3.05) is 0 Å². The van der Waals surface area contributed by atoms with Crippen LogP contribution in [0.2, 0.25) is 0 Å². The molecule has 0 spiro atoms. The summed E-state index contributed by atoms with van der Waals surface area (Å²) in [6.45, 7) is 4.79. The quantitative estimate of drug-likeness (QED) is 0.205. The molecular formula is C37H25NS. The van der Waals surface area contributed by atoms with Crippen LogP contribution >= 0.6 is 11.3 Å². The number of fused-ring (bicyclic) bond motifs is 12. The second kappa shape index (κ2) is 7.37. The minimum absolute atomic E-state index is 0.0888. The standard InChI is InChI=1S/C37H25NS/c1-37(2)30-12-6-3-9-24(30)27-18-15-22-16-19-28-25-10-4-7-13-31(25)38(36(28)34(22)35(27)37)23-17-20-33-29(21-23)26-11-5-8-14-32(26)39-33/h3-21H,1-2H3.